The number of nitrogens with one attached hydrogen (secondary N) is 1. The highest BCUT2D eigenvalue weighted by Crippen LogP contribution is 2.27. The zero-order valence-electron chi connectivity index (χ0n) is 18.7. The van der Waals surface area contributed by atoms with Crippen molar-refractivity contribution in [1.29, 1.82) is 0 Å². The first-order valence-electron chi connectivity index (χ1n) is 10.6. The number of carbonyl (C=O) groups excluding carboxylic acids is 1. The van der Waals surface area contributed by atoms with Crippen molar-refractivity contribution in [3.63, 3.8) is 0 Å². The number of hydrogen-bond acceptors (Lipinski definition) is 4. The lowest BCUT2D eigenvalue weighted by molar-refractivity contribution is -0.116. The van der Waals surface area contributed by atoms with Gasteiger partial charge in [-0.05, 0) is 73.2 Å². The van der Waals surface area contributed by atoms with Crippen LogP contribution in [0.2, 0.25) is 0 Å². The third kappa shape index (κ3) is 6.40. The molecule has 0 unspecified atom stereocenters. The average molecular weight is 452 g/mol. The van der Waals surface area contributed by atoms with Crippen LogP contribution in [0.3, 0.4) is 0 Å². The maximum Gasteiger partial charge on any atom is 0.232 e. The summed E-state index contributed by atoms with van der Waals surface area (Å²) in [5.74, 6) is -0.137. The molecule has 0 aliphatic heterocycles. The Bertz CT molecular complexity index is 1140. The van der Waals surface area contributed by atoms with Crippen molar-refractivity contribution >= 4 is 27.3 Å². The number of nitrogens with zero attached hydrogens (tertiary/aromatic N) is 2. The van der Waals surface area contributed by atoms with Gasteiger partial charge in [0.05, 0.1) is 11.9 Å². The highest BCUT2D eigenvalue weighted by Gasteiger charge is 2.21. The van der Waals surface area contributed by atoms with Crippen molar-refractivity contribution in [1.82, 2.24) is 4.98 Å². The topological polar surface area (TPSA) is 79.4 Å². The third-order valence-electron chi connectivity index (χ3n) is 5.25. The van der Waals surface area contributed by atoms with Crippen molar-refractivity contribution in [2.45, 2.75) is 33.1 Å². The molecule has 0 bridgehead atoms. The summed E-state index contributed by atoms with van der Waals surface area (Å²) in [5, 5.41) is 2.89. The van der Waals surface area contributed by atoms with Gasteiger partial charge in [0.15, 0.2) is 0 Å². The molecule has 3 rings (SSSR count). The summed E-state index contributed by atoms with van der Waals surface area (Å²) in [7, 11) is -3.45. The van der Waals surface area contributed by atoms with Crippen molar-refractivity contribution in [2.75, 3.05) is 22.4 Å². The molecular weight excluding hydrogens is 422 g/mol. The normalized spacial score (nSPS) is 11.2. The lowest BCUT2D eigenvalue weighted by Crippen LogP contribution is -2.32. The first-order valence-corrected chi connectivity index (χ1v) is 12.4. The minimum atomic E-state index is -3.45. The maximum absolute atomic E-state index is 12.4. The number of pyridine rings is 1. The summed E-state index contributed by atoms with van der Waals surface area (Å²) in [6.07, 6.45) is 6.20. The zero-order valence-corrected chi connectivity index (χ0v) is 19.5. The van der Waals surface area contributed by atoms with E-state index in [0.29, 0.717) is 12.1 Å². The van der Waals surface area contributed by atoms with Gasteiger partial charge < -0.3 is 5.32 Å². The largest absolute Gasteiger partial charge is 0.326 e. The Morgan fingerprint density at radius 2 is 1.53 bits per heavy atom. The first kappa shape index (κ1) is 23.5. The van der Waals surface area contributed by atoms with Gasteiger partial charge in [0.25, 0.3) is 0 Å². The first-order chi connectivity index (χ1) is 15.2. The van der Waals surface area contributed by atoms with Crippen LogP contribution in [0.15, 0.2) is 67.0 Å². The molecule has 0 aliphatic rings. The van der Waals surface area contributed by atoms with E-state index in [0.717, 1.165) is 28.8 Å². The fourth-order valence-electron chi connectivity index (χ4n) is 3.69. The Kier molecular flexibility index (Phi) is 7.64. The molecule has 32 heavy (non-hydrogen) atoms. The summed E-state index contributed by atoms with van der Waals surface area (Å²) in [5.41, 5.74) is 5.53. The van der Waals surface area contributed by atoms with Crippen molar-refractivity contribution in [3.05, 3.63) is 89.2 Å². The van der Waals surface area contributed by atoms with Crippen LogP contribution in [0.4, 0.5) is 11.4 Å². The summed E-state index contributed by atoms with van der Waals surface area (Å²) < 4.78 is 26.2. The lowest BCUT2D eigenvalue weighted by Gasteiger charge is -2.26. The van der Waals surface area contributed by atoms with Gasteiger partial charge in [-0.3, -0.25) is 14.1 Å². The lowest BCUT2D eigenvalue weighted by atomic mass is 10.1. The molecule has 6 nitrogen and oxygen atoms in total. The van der Waals surface area contributed by atoms with Crippen LogP contribution >= 0.6 is 0 Å². The van der Waals surface area contributed by atoms with Crippen molar-refractivity contribution < 1.29 is 13.2 Å². The van der Waals surface area contributed by atoms with E-state index in [1.807, 2.05) is 68.4 Å². The highest BCUT2D eigenvalue weighted by atomic mass is 32.2. The molecule has 0 spiro atoms. The predicted molar refractivity (Wildman–Crippen MR) is 129 cm³/mol. The van der Waals surface area contributed by atoms with E-state index in [-0.39, 0.29) is 18.9 Å². The average Bonchev–Trinajstić information content (AvgIpc) is 2.74. The number of sulfonamides is 1. The van der Waals surface area contributed by atoms with Gasteiger partial charge in [0, 0.05) is 31.0 Å². The minimum Gasteiger partial charge on any atom is -0.326 e. The standard InChI is InChI=1S/C25H29N3O3S/c1-19-6-4-7-20(2)25(19)28(32(3,30)31)17-5-8-24(29)27-23-11-9-21(10-12-23)18-22-13-15-26-16-14-22/h4,6-7,9-16H,5,8,17-18H2,1-3H3,(H,27,29). The van der Waals surface area contributed by atoms with E-state index in [4.69, 9.17) is 0 Å². The molecule has 0 saturated carbocycles. The Morgan fingerprint density at radius 1 is 0.938 bits per heavy atom. The molecule has 0 atom stereocenters. The van der Waals surface area contributed by atoms with Crippen LogP contribution in [-0.2, 0) is 21.2 Å². The zero-order chi connectivity index (χ0) is 23.1. The van der Waals surface area contributed by atoms with Crippen LogP contribution in [0, 0.1) is 13.8 Å². The van der Waals surface area contributed by atoms with Gasteiger partial charge in [-0.15, -0.1) is 0 Å². The van der Waals surface area contributed by atoms with Crippen molar-refractivity contribution in [3.8, 4) is 0 Å². The van der Waals surface area contributed by atoms with Gasteiger partial charge in [0.2, 0.25) is 15.9 Å². The van der Waals surface area contributed by atoms with Gasteiger partial charge in [0.1, 0.15) is 0 Å². The van der Waals surface area contributed by atoms with E-state index in [1.54, 1.807) is 12.4 Å². The Morgan fingerprint density at radius 3 is 2.12 bits per heavy atom. The number of anilines is 2. The quantitative estimate of drug-likeness (QED) is 0.520. The number of hydrogen-bond donors (Lipinski definition) is 1. The highest BCUT2D eigenvalue weighted by molar-refractivity contribution is 7.92. The fourth-order valence-corrected chi connectivity index (χ4v) is 4.77. The summed E-state index contributed by atoms with van der Waals surface area (Å²) >= 11 is 0. The molecule has 2 aromatic carbocycles. The Hall–Kier alpha value is -3.19. The number of benzene rings is 2. The SMILES string of the molecule is Cc1cccc(C)c1N(CCCC(=O)Nc1ccc(Cc2ccncc2)cc1)S(C)(=O)=O. The molecule has 0 aliphatic carbocycles. The van der Waals surface area contributed by atoms with E-state index in [2.05, 4.69) is 10.3 Å². The number of aryl methyl sites for hydroxylation is 2. The fraction of sp³-hybridized carbons (Fsp3) is 0.280. The van der Waals surface area contributed by atoms with Crippen LogP contribution in [0.1, 0.15) is 35.1 Å². The second-order valence-electron chi connectivity index (χ2n) is 7.96. The van der Waals surface area contributed by atoms with E-state index < -0.39 is 10.0 Å². The Labute approximate surface area is 190 Å². The molecule has 3 aromatic rings. The summed E-state index contributed by atoms with van der Waals surface area (Å²) in [4.78, 5) is 16.4. The number of amides is 1. The second-order valence-corrected chi connectivity index (χ2v) is 9.86. The van der Waals surface area contributed by atoms with Gasteiger partial charge in [-0.2, -0.15) is 0 Å². The molecule has 7 heteroatoms. The maximum atomic E-state index is 12.4. The number of carbonyl (C=O) groups is 1. The van der Waals surface area contributed by atoms with Crippen LogP contribution in [0.5, 0.6) is 0 Å². The molecule has 1 aromatic heterocycles. The Balaban J connectivity index is 1.56. The minimum absolute atomic E-state index is 0.137. The second kappa shape index (κ2) is 10.4. The van der Waals surface area contributed by atoms with E-state index in [1.165, 1.54) is 16.1 Å². The third-order valence-corrected chi connectivity index (χ3v) is 6.42. The van der Waals surface area contributed by atoms with Gasteiger partial charge in [-0.25, -0.2) is 8.42 Å². The van der Waals surface area contributed by atoms with Gasteiger partial charge >= 0.3 is 0 Å². The molecule has 0 fully saturated rings. The smallest absolute Gasteiger partial charge is 0.232 e. The molecular formula is C25H29N3O3S. The molecule has 0 radical (unpaired) electrons. The molecule has 1 heterocycles. The predicted octanol–water partition coefficient (Wildman–Crippen LogP) is 4.47. The number of aromatic nitrogens is 1. The monoisotopic (exact) mass is 451 g/mol. The van der Waals surface area contributed by atoms with E-state index >= 15 is 0 Å². The van der Waals surface area contributed by atoms with Gasteiger partial charge in [-0.1, -0.05) is 30.3 Å². The number of para-hydroxylation sites is 1. The van der Waals surface area contributed by atoms with Crippen LogP contribution in [-0.4, -0.2) is 32.1 Å². The summed E-state index contributed by atoms with van der Waals surface area (Å²) in [6, 6.07) is 17.4. The molecule has 0 saturated heterocycles. The van der Waals surface area contributed by atoms with Crippen LogP contribution < -0.4 is 9.62 Å². The van der Waals surface area contributed by atoms with E-state index in [9.17, 15) is 13.2 Å². The molecule has 168 valence electrons. The van der Waals surface area contributed by atoms with Crippen molar-refractivity contribution in [2.24, 2.45) is 0 Å². The summed E-state index contributed by atoms with van der Waals surface area (Å²) in [6.45, 7) is 4.04. The van der Waals surface area contributed by atoms with Crippen LogP contribution in [0.25, 0.3) is 0 Å². The molecule has 1 amide bonds. The number of rotatable bonds is 9. The molecule has 1 N–H and O–H groups in total.